The second kappa shape index (κ2) is 7.46. The monoisotopic (exact) mass is 422 g/mol. The highest BCUT2D eigenvalue weighted by Gasteiger charge is 2.39. The standard InChI is InChI=1S/C25H26O6/c1-13(2)5-10-16-21(28)17-11-19(27)25(3,4)31-24(17)20-22(29)18(12-30-23(16)20)14-6-8-15(26)9-7-14/h5-9,12,19,26-28H,10-11H2,1-4H3/t19-/m1/s1. The quantitative estimate of drug-likeness (QED) is 0.539. The number of hydrogen-bond donors (Lipinski definition) is 3. The van der Waals surface area contributed by atoms with Gasteiger partial charge in [-0.3, -0.25) is 4.79 Å². The largest absolute Gasteiger partial charge is 0.508 e. The average Bonchev–Trinajstić information content (AvgIpc) is 2.70. The van der Waals surface area contributed by atoms with E-state index in [4.69, 9.17) is 9.15 Å². The van der Waals surface area contributed by atoms with Crippen LogP contribution in [0.4, 0.5) is 0 Å². The van der Waals surface area contributed by atoms with Crippen LogP contribution in [0, 0.1) is 0 Å². The van der Waals surface area contributed by atoms with Crippen molar-refractivity contribution in [2.45, 2.75) is 52.2 Å². The Balaban J connectivity index is 2.07. The third-order valence-electron chi connectivity index (χ3n) is 5.80. The van der Waals surface area contributed by atoms with E-state index in [2.05, 4.69) is 0 Å². The number of ether oxygens (including phenoxy) is 1. The summed E-state index contributed by atoms with van der Waals surface area (Å²) in [6.07, 6.45) is 3.01. The first kappa shape index (κ1) is 21.0. The van der Waals surface area contributed by atoms with Gasteiger partial charge in [0.2, 0.25) is 5.43 Å². The molecule has 0 amide bonds. The first-order chi connectivity index (χ1) is 14.6. The molecule has 6 heteroatoms. The van der Waals surface area contributed by atoms with Crippen molar-refractivity contribution in [3.63, 3.8) is 0 Å². The topological polar surface area (TPSA) is 100 Å². The molecule has 1 aromatic heterocycles. The molecule has 0 saturated carbocycles. The molecule has 3 aromatic rings. The predicted molar refractivity (Wildman–Crippen MR) is 119 cm³/mol. The minimum Gasteiger partial charge on any atom is -0.508 e. The van der Waals surface area contributed by atoms with Gasteiger partial charge in [0.1, 0.15) is 40.1 Å². The molecule has 0 unspecified atom stereocenters. The molecule has 0 radical (unpaired) electrons. The maximum Gasteiger partial charge on any atom is 0.204 e. The van der Waals surface area contributed by atoms with Crippen LogP contribution in [0.15, 0.2) is 51.4 Å². The van der Waals surface area contributed by atoms with Crippen LogP contribution in [0.3, 0.4) is 0 Å². The molecule has 1 aliphatic rings. The summed E-state index contributed by atoms with van der Waals surface area (Å²) in [7, 11) is 0. The molecule has 2 aromatic carbocycles. The van der Waals surface area contributed by atoms with Crippen LogP contribution < -0.4 is 10.2 Å². The van der Waals surface area contributed by atoms with Gasteiger partial charge in [-0.2, -0.15) is 0 Å². The maximum absolute atomic E-state index is 13.6. The van der Waals surface area contributed by atoms with E-state index in [0.717, 1.165) is 5.57 Å². The average molecular weight is 422 g/mol. The van der Waals surface area contributed by atoms with Gasteiger partial charge in [0.05, 0.1) is 11.7 Å². The Morgan fingerprint density at radius 3 is 2.52 bits per heavy atom. The predicted octanol–water partition coefficient (Wildman–Crippen LogP) is 4.45. The molecule has 0 aliphatic carbocycles. The van der Waals surface area contributed by atoms with Crippen molar-refractivity contribution in [3.8, 4) is 28.4 Å². The Morgan fingerprint density at radius 1 is 1.19 bits per heavy atom. The third-order valence-corrected chi connectivity index (χ3v) is 5.80. The number of phenolic OH excluding ortho intramolecular Hbond substituents is 2. The van der Waals surface area contributed by atoms with E-state index in [0.29, 0.717) is 28.7 Å². The molecule has 0 saturated heterocycles. The number of hydrogen-bond acceptors (Lipinski definition) is 6. The molecule has 0 bridgehead atoms. The first-order valence-corrected chi connectivity index (χ1v) is 10.2. The molecule has 2 heterocycles. The zero-order valence-corrected chi connectivity index (χ0v) is 18.0. The van der Waals surface area contributed by atoms with E-state index < -0.39 is 11.7 Å². The Hall–Kier alpha value is -3.25. The van der Waals surface area contributed by atoms with E-state index in [1.165, 1.54) is 18.4 Å². The van der Waals surface area contributed by atoms with Crippen LogP contribution in [-0.4, -0.2) is 27.0 Å². The van der Waals surface area contributed by atoms with Gasteiger partial charge in [0, 0.05) is 17.5 Å². The fraction of sp³-hybridized carbons (Fsp3) is 0.320. The van der Waals surface area contributed by atoms with Crippen LogP contribution in [-0.2, 0) is 12.8 Å². The van der Waals surface area contributed by atoms with Gasteiger partial charge >= 0.3 is 0 Å². The third kappa shape index (κ3) is 3.57. The molecule has 3 N–H and O–H groups in total. The SMILES string of the molecule is CC(C)=CCc1c(O)c2c(c3c(=O)c(-c4ccc(O)cc4)coc13)OC(C)(C)[C@H](O)C2. The molecule has 31 heavy (non-hydrogen) atoms. The second-order valence-corrected chi connectivity index (χ2v) is 8.78. The van der Waals surface area contributed by atoms with Crippen LogP contribution in [0.5, 0.6) is 17.2 Å². The normalized spacial score (nSPS) is 17.1. The van der Waals surface area contributed by atoms with Crippen molar-refractivity contribution in [1.82, 2.24) is 0 Å². The van der Waals surface area contributed by atoms with Crippen molar-refractivity contribution < 1.29 is 24.5 Å². The van der Waals surface area contributed by atoms with Gasteiger partial charge in [-0.15, -0.1) is 0 Å². The van der Waals surface area contributed by atoms with Crippen molar-refractivity contribution in [1.29, 1.82) is 0 Å². The Bertz CT molecular complexity index is 1240. The smallest absolute Gasteiger partial charge is 0.204 e. The van der Waals surface area contributed by atoms with Crippen molar-refractivity contribution in [2.24, 2.45) is 0 Å². The van der Waals surface area contributed by atoms with Crippen LogP contribution in [0.1, 0.15) is 38.8 Å². The van der Waals surface area contributed by atoms with E-state index in [-0.39, 0.29) is 40.1 Å². The lowest BCUT2D eigenvalue weighted by Gasteiger charge is -2.38. The van der Waals surface area contributed by atoms with Crippen molar-refractivity contribution >= 4 is 11.0 Å². The highest BCUT2D eigenvalue weighted by Crippen LogP contribution is 2.45. The van der Waals surface area contributed by atoms with Gasteiger partial charge < -0.3 is 24.5 Å². The summed E-state index contributed by atoms with van der Waals surface area (Å²) in [6, 6.07) is 6.28. The minimum atomic E-state index is -0.936. The highest BCUT2D eigenvalue weighted by atomic mass is 16.5. The van der Waals surface area contributed by atoms with Crippen LogP contribution >= 0.6 is 0 Å². The number of aromatic hydroxyl groups is 2. The maximum atomic E-state index is 13.6. The zero-order chi connectivity index (χ0) is 22.5. The first-order valence-electron chi connectivity index (χ1n) is 10.2. The number of phenols is 2. The van der Waals surface area contributed by atoms with Gasteiger partial charge in [0.15, 0.2) is 0 Å². The molecule has 162 valence electrons. The minimum absolute atomic E-state index is 0.0184. The fourth-order valence-corrected chi connectivity index (χ4v) is 3.85. The number of rotatable bonds is 3. The molecule has 6 nitrogen and oxygen atoms in total. The molecular weight excluding hydrogens is 396 g/mol. The lowest BCUT2D eigenvalue weighted by atomic mass is 9.87. The summed E-state index contributed by atoms with van der Waals surface area (Å²) in [5.41, 5.74) is 1.91. The van der Waals surface area contributed by atoms with Crippen molar-refractivity contribution in [2.75, 3.05) is 0 Å². The summed E-state index contributed by atoms with van der Waals surface area (Å²) < 4.78 is 12.0. The summed E-state index contributed by atoms with van der Waals surface area (Å²) in [4.78, 5) is 13.6. The Morgan fingerprint density at radius 2 is 1.87 bits per heavy atom. The van der Waals surface area contributed by atoms with Gasteiger partial charge in [0.25, 0.3) is 0 Å². The van der Waals surface area contributed by atoms with E-state index >= 15 is 0 Å². The number of allylic oxidation sites excluding steroid dienone is 2. The van der Waals surface area contributed by atoms with Crippen LogP contribution in [0.25, 0.3) is 22.1 Å². The number of fused-ring (bicyclic) bond motifs is 3. The van der Waals surface area contributed by atoms with Gasteiger partial charge in [-0.25, -0.2) is 0 Å². The Kier molecular flexibility index (Phi) is 5.06. The van der Waals surface area contributed by atoms with E-state index in [9.17, 15) is 20.1 Å². The molecule has 0 spiro atoms. The zero-order valence-electron chi connectivity index (χ0n) is 18.0. The van der Waals surface area contributed by atoms with E-state index in [1.807, 2.05) is 19.9 Å². The van der Waals surface area contributed by atoms with Gasteiger partial charge in [-0.05, 0) is 51.8 Å². The molecule has 4 rings (SSSR count). The van der Waals surface area contributed by atoms with Gasteiger partial charge in [-0.1, -0.05) is 23.8 Å². The molecule has 1 atom stereocenters. The lowest BCUT2D eigenvalue weighted by molar-refractivity contribution is -0.0406. The summed E-state index contributed by atoms with van der Waals surface area (Å²) in [6.45, 7) is 7.39. The number of aliphatic hydroxyl groups is 1. The molecule has 1 aliphatic heterocycles. The molecular formula is C25H26O6. The Labute approximate surface area is 180 Å². The van der Waals surface area contributed by atoms with E-state index in [1.54, 1.807) is 26.0 Å². The summed E-state index contributed by atoms with van der Waals surface area (Å²) >= 11 is 0. The molecule has 0 fully saturated rings. The number of aliphatic hydroxyl groups excluding tert-OH is 1. The summed E-state index contributed by atoms with van der Waals surface area (Å²) in [5.74, 6) is 0.326. The second-order valence-electron chi connectivity index (χ2n) is 8.78. The van der Waals surface area contributed by atoms with Crippen molar-refractivity contribution in [3.05, 3.63) is 63.5 Å². The highest BCUT2D eigenvalue weighted by molar-refractivity contribution is 5.93. The van der Waals surface area contributed by atoms with Crippen LogP contribution in [0.2, 0.25) is 0 Å². The number of benzene rings is 2. The lowest BCUT2D eigenvalue weighted by Crippen LogP contribution is -2.46. The summed E-state index contributed by atoms with van der Waals surface area (Å²) in [5, 5.41) is 31.4. The fourth-order valence-electron chi connectivity index (χ4n) is 3.85.